The number of aromatic nitrogens is 3. The summed E-state index contributed by atoms with van der Waals surface area (Å²) < 4.78 is 11.3. The van der Waals surface area contributed by atoms with Gasteiger partial charge in [0.25, 0.3) is 0 Å². The molecule has 53 heavy (non-hydrogen) atoms. The first-order valence-electron chi connectivity index (χ1n) is 17.9. The molecule has 13 rings (SSSR count). The van der Waals surface area contributed by atoms with Gasteiger partial charge >= 0.3 is 0 Å². The van der Waals surface area contributed by atoms with E-state index in [0.717, 1.165) is 65.9 Å². The van der Waals surface area contributed by atoms with Crippen LogP contribution in [0.4, 0.5) is 0 Å². The number of fused-ring (bicyclic) bond motifs is 9. The number of benzene rings is 8. The Morgan fingerprint density at radius 3 is 2.02 bits per heavy atom. The SMILES string of the molecule is c1ccc2c(c1)ccc1nc(-n3c4cccc5c6ccccc6c6cccc7sc8ccc3c(c8c76)c54)nc(-c3ccc4c(c3)oc3ccccc34)c12. The lowest BCUT2D eigenvalue weighted by molar-refractivity contribution is 0.669. The Balaban J connectivity index is 1.21. The molecule has 0 amide bonds. The van der Waals surface area contributed by atoms with E-state index in [-0.39, 0.29) is 0 Å². The first-order valence-corrected chi connectivity index (χ1v) is 18.7. The van der Waals surface area contributed by atoms with Crippen LogP contribution < -0.4 is 0 Å². The minimum atomic E-state index is 0.649. The summed E-state index contributed by atoms with van der Waals surface area (Å²) in [4.78, 5) is 11.0. The predicted molar refractivity (Wildman–Crippen MR) is 223 cm³/mol. The van der Waals surface area contributed by atoms with Crippen LogP contribution in [0, 0.1) is 0 Å². The molecule has 0 unspecified atom stereocenters. The minimum absolute atomic E-state index is 0.649. The fraction of sp³-hybridized carbons (Fsp3) is 0. The van der Waals surface area contributed by atoms with Crippen molar-refractivity contribution in [3.05, 3.63) is 152 Å². The van der Waals surface area contributed by atoms with Crippen LogP contribution in [0.25, 0.3) is 124 Å². The van der Waals surface area contributed by atoms with Gasteiger partial charge in [-0.3, -0.25) is 4.57 Å². The Labute approximate surface area is 305 Å². The summed E-state index contributed by atoms with van der Waals surface area (Å²) in [5, 5.41) is 15.7. The lowest BCUT2D eigenvalue weighted by Crippen LogP contribution is -2.03. The number of rotatable bonds is 2. The maximum absolute atomic E-state index is 6.41. The summed E-state index contributed by atoms with van der Waals surface area (Å²) in [5.74, 6) is 0.649. The van der Waals surface area contributed by atoms with Crippen LogP contribution in [-0.4, -0.2) is 14.5 Å². The van der Waals surface area contributed by atoms with Crippen molar-refractivity contribution in [1.82, 2.24) is 14.5 Å². The van der Waals surface area contributed by atoms with Gasteiger partial charge in [0.05, 0.1) is 22.2 Å². The molecule has 4 heterocycles. The fourth-order valence-electron chi connectivity index (χ4n) is 9.15. The van der Waals surface area contributed by atoms with Crippen LogP contribution in [0.1, 0.15) is 0 Å². The first kappa shape index (κ1) is 27.8. The lowest BCUT2D eigenvalue weighted by atomic mass is 9.95. The van der Waals surface area contributed by atoms with E-state index in [2.05, 4.69) is 144 Å². The minimum Gasteiger partial charge on any atom is -0.456 e. The smallest absolute Gasteiger partial charge is 0.235 e. The van der Waals surface area contributed by atoms with Crippen LogP contribution in [0.3, 0.4) is 0 Å². The molecule has 244 valence electrons. The van der Waals surface area contributed by atoms with Crippen molar-refractivity contribution >= 4 is 118 Å². The van der Waals surface area contributed by atoms with Crippen molar-refractivity contribution < 1.29 is 4.42 Å². The lowest BCUT2D eigenvalue weighted by Gasteiger charge is -2.13. The van der Waals surface area contributed by atoms with Crippen molar-refractivity contribution in [3.63, 3.8) is 0 Å². The van der Waals surface area contributed by atoms with Gasteiger partial charge in [-0.1, -0.05) is 103 Å². The zero-order chi connectivity index (χ0) is 34.4. The molecule has 0 spiro atoms. The van der Waals surface area contributed by atoms with Gasteiger partial charge in [-0.2, -0.15) is 0 Å². The second kappa shape index (κ2) is 9.94. The molecule has 0 radical (unpaired) electrons. The molecule has 4 nitrogen and oxygen atoms in total. The molecule has 13 aromatic rings. The van der Waals surface area contributed by atoms with E-state index >= 15 is 0 Å². The normalized spacial score (nSPS) is 12.5. The van der Waals surface area contributed by atoms with Crippen LogP contribution in [0.15, 0.2) is 156 Å². The van der Waals surface area contributed by atoms with E-state index in [1.807, 2.05) is 23.5 Å². The average Bonchev–Trinajstić information content (AvgIpc) is 3.89. The zero-order valence-corrected chi connectivity index (χ0v) is 28.9. The Hall–Kier alpha value is -6.82. The molecule has 0 bridgehead atoms. The van der Waals surface area contributed by atoms with Gasteiger partial charge in [0.15, 0.2) is 0 Å². The van der Waals surface area contributed by atoms with Crippen molar-refractivity contribution in [2.24, 2.45) is 0 Å². The summed E-state index contributed by atoms with van der Waals surface area (Å²) in [6, 6.07) is 54.5. The number of nitrogens with zero attached hydrogens (tertiary/aromatic N) is 3. The first-order chi connectivity index (χ1) is 26.3. The van der Waals surface area contributed by atoms with Gasteiger partial charge in [0.2, 0.25) is 5.95 Å². The predicted octanol–water partition coefficient (Wildman–Crippen LogP) is 13.6. The van der Waals surface area contributed by atoms with Crippen LogP contribution in [-0.2, 0) is 0 Å². The third kappa shape index (κ3) is 3.59. The molecule has 0 N–H and O–H groups in total. The van der Waals surface area contributed by atoms with E-state index in [0.29, 0.717) is 5.95 Å². The van der Waals surface area contributed by atoms with Crippen LogP contribution >= 0.6 is 11.3 Å². The van der Waals surface area contributed by atoms with Crippen LogP contribution in [0.2, 0.25) is 0 Å². The third-order valence-electron chi connectivity index (χ3n) is 11.4. The molecule has 0 aliphatic rings. The highest BCUT2D eigenvalue weighted by molar-refractivity contribution is 7.26. The number of furan rings is 1. The van der Waals surface area contributed by atoms with Gasteiger partial charge < -0.3 is 4.42 Å². The molecule has 0 fully saturated rings. The quantitative estimate of drug-likeness (QED) is 0.170. The third-order valence-corrected chi connectivity index (χ3v) is 12.5. The van der Waals surface area contributed by atoms with Crippen molar-refractivity contribution in [3.8, 4) is 17.2 Å². The van der Waals surface area contributed by atoms with Crippen LogP contribution in [0.5, 0.6) is 0 Å². The van der Waals surface area contributed by atoms with Gasteiger partial charge in [-0.15, -0.1) is 11.3 Å². The average molecular weight is 692 g/mol. The second-order valence-corrected chi connectivity index (χ2v) is 15.1. The maximum atomic E-state index is 6.41. The van der Waals surface area contributed by atoms with E-state index in [9.17, 15) is 0 Å². The Kier molecular flexibility index (Phi) is 5.22. The molecule has 0 aliphatic heterocycles. The Morgan fingerprint density at radius 1 is 0.434 bits per heavy atom. The van der Waals surface area contributed by atoms with Gasteiger partial charge in [0.1, 0.15) is 11.2 Å². The molecule has 5 heteroatoms. The molecule has 0 saturated heterocycles. The monoisotopic (exact) mass is 691 g/mol. The summed E-state index contributed by atoms with van der Waals surface area (Å²) in [5.41, 5.74) is 6.70. The van der Waals surface area contributed by atoms with Crippen molar-refractivity contribution in [2.75, 3.05) is 0 Å². The summed E-state index contributed by atoms with van der Waals surface area (Å²) >= 11 is 1.87. The highest BCUT2D eigenvalue weighted by Crippen LogP contribution is 2.48. The molecular formula is C48H25N3OS. The van der Waals surface area contributed by atoms with Gasteiger partial charge in [-0.25, -0.2) is 9.97 Å². The number of hydrogen-bond donors (Lipinski definition) is 0. The number of thiophene rings is 1. The topological polar surface area (TPSA) is 43.9 Å². The summed E-state index contributed by atoms with van der Waals surface area (Å²) in [6.07, 6.45) is 0. The van der Waals surface area contributed by atoms with E-state index in [1.54, 1.807) is 0 Å². The van der Waals surface area contributed by atoms with Gasteiger partial charge in [-0.05, 0) is 80.8 Å². The highest BCUT2D eigenvalue weighted by atomic mass is 32.1. The molecule has 0 atom stereocenters. The van der Waals surface area contributed by atoms with E-state index in [4.69, 9.17) is 14.4 Å². The molecule has 9 aromatic carbocycles. The molecule has 4 aromatic heterocycles. The molecule has 0 saturated carbocycles. The number of para-hydroxylation sites is 1. The second-order valence-electron chi connectivity index (χ2n) is 14.1. The van der Waals surface area contributed by atoms with Gasteiger partial charge in [0, 0.05) is 52.7 Å². The van der Waals surface area contributed by atoms with E-state index in [1.165, 1.54) is 52.5 Å². The Morgan fingerprint density at radius 2 is 1.13 bits per heavy atom. The largest absolute Gasteiger partial charge is 0.456 e. The molecular weight excluding hydrogens is 667 g/mol. The summed E-state index contributed by atoms with van der Waals surface area (Å²) in [7, 11) is 0. The number of hydrogen-bond acceptors (Lipinski definition) is 4. The fourth-order valence-corrected chi connectivity index (χ4v) is 10.3. The van der Waals surface area contributed by atoms with Crippen molar-refractivity contribution in [1.29, 1.82) is 0 Å². The maximum Gasteiger partial charge on any atom is 0.235 e. The van der Waals surface area contributed by atoms with Crippen molar-refractivity contribution in [2.45, 2.75) is 0 Å². The zero-order valence-electron chi connectivity index (χ0n) is 28.1. The summed E-state index contributed by atoms with van der Waals surface area (Å²) in [6.45, 7) is 0. The standard InChI is InChI=1S/C48H25N3OS/c1-2-10-28-26(9-1)20-22-35-42(28)47(27-19-21-32-31-13-5-6-17-38(31)52-39(32)25-27)50-48(49-35)51-36-16-7-14-33-29-11-3-4-12-30(29)34-15-8-18-40-44(34)46-41(53-40)24-23-37(51)45(46)43(33)36/h1-25H. The highest BCUT2D eigenvalue weighted by Gasteiger charge is 2.24. The Bertz CT molecular complexity index is 3700. The molecule has 0 aliphatic carbocycles. The van der Waals surface area contributed by atoms with E-state index < -0.39 is 0 Å².